The summed E-state index contributed by atoms with van der Waals surface area (Å²) in [4.78, 5) is 25.8. The van der Waals surface area contributed by atoms with Gasteiger partial charge in [-0.2, -0.15) is 0 Å². The number of amides is 2. The highest BCUT2D eigenvalue weighted by Gasteiger charge is 2.13. The van der Waals surface area contributed by atoms with Crippen LogP contribution in [0.3, 0.4) is 0 Å². The van der Waals surface area contributed by atoms with Crippen molar-refractivity contribution in [1.82, 2.24) is 5.32 Å². The van der Waals surface area contributed by atoms with Crippen molar-refractivity contribution in [1.29, 1.82) is 0 Å². The topological polar surface area (TPSA) is 61.4 Å². The molecule has 0 bridgehead atoms. The molecule has 0 spiro atoms. The normalized spacial score (nSPS) is 10.1. The lowest BCUT2D eigenvalue weighted by Gasteiger charge is -2.17. The molecule has 0 aromatic heterocycles. The van der Waals surface area contributed by atoms with Gasteiger partial charge < -0.3 is 15.5 Å². The molecule has 2 amide bonds. The molecule has 0 aliphatic heterocycles. The van der Waals surface area contributed by atoms with Gasteiger partial charge in [0.2, 0.25) is 5.91 Å². The molecule has 2 N–H and O–H groups in total. The molecule has 0 atom stereocenters. The fourth-order valence-electron chi connectivity index (χ4n) is 2.35. The molecule has 6 heteroatoms. The van der Waals surface area contributed by atoms with Crippen LogP contribution in [0, 0.1) is 0 Å². The van der Waals surface area contributed by atoms with E-state index in [0.29, 0.717) is 17.7 Å². The number of benzene rings is 2. The Morgan fingerprint density at radius 1 is 1.04 bits per heavy atom. The highest BCUT2D eigenvalue weighted by Crippen LogP contribution is 2.16. The summed E-state index contributed by atoms with van der Waals surface area (Å²) in [6, 6.07) is 16.4. The molecular weight excluding hydrogens is 346 g/mol. The minimum atomic E-state index is -0.0989. The molecular formula is C20H23N3O2S. The summed E-state index contributed by atoms with van der Waals surface area (Å²) in [6.45, 7) is 2.03. The van der Waals surface area contributed by atoms with Crippen molar-refractivity contribution in [3.05, 3.63) is 60.2 Å². The maximum absolute atomic E-state index is 12.5. The number of nitrogens with one attached hydrogen (secondary N) is 2. The number of carbonyl (C=O) groups excluding carboxylic acids is 2. The number of nitrogens with zero attached hydrogens (tertiary/aromatic N) is 1. The Hall–Kier alpha value is -2.73. The van der Waals surface area contributed by atoms with E-state index >= 15 is 0 Å². The standard InChI is InChI=1S/C20H23N3O2S/c1-3-4-10-18(24)22-20(26)21-16-13-11-15(12-14-16)19(25)23(2)17-8-6-5-7-9-17/h5-9,11-14H,3-4,10H2,1-2H3,(H2,21,22,24,26). The molecule has 5 nitrogen and oxygen atoms in total. The summed E-state index contributed by atoms with van der Waals surface area (Å²) < 4.78 is 0. The predicted molar refractivity (Wildman–Crippen MR) is 110 cm³/mol. The summed E-state index contributed by atoms with van der Waals surface area (Å²) in [6.07, 6.45) is 2.25. The van der Waals surface area contributed by atoms with Crippen LogP contribution in [-0.2, 0) is 4.79 Å². The maximum Gasteiger partial charge on any atom is 0.258 e. The van der Waals surface area contributed by atoms with Crippen LogP contribution in [0.5, 0.6) is 0 Å². The second kappa shape index (κ2) is 9.68. The van der Waals surface area contributed by atoms with E-state index in [-0.39, 0.29) is 16.9 Å². The minimum absolute atomic E-state index is 0.0966. The van der Waals surface area contributed by atoms with Crippen LogP contribution in [0.2, 0.25) is 0 Å². The summed E-state index contributed by atoms with van der Waals surface area (Å²) in [7, 11) is 1.74. The van der Waals surface area contributed by atoms with Gasteiger partial charge in [0, 0.05) is 30.4 Å². The molecule has 136 valence electrons. The van der Waals surface area contributed by atoms with Crippen LogP contribution in [0.25, 0.3) is 0 Å². The number of unbranched alkanes of at least 4 members (excludes halogenated alkanes) is 1. The van der Waals surface area contributed by atoms with Gasteiger partial charge in [-0.15, -0.1) is 0 Å². The van der Waals surface area contributed by atoms with Crippen molar-refractivity contribution in [2.24, 2.45) is 0 Å². The highest BCUT2D eigenvalue weighted by molar-refractivity contribution is 7.80. The number of rotatable bonds is 6. The number of carbonyl (C=O) groups is 2. The van der Waals surface area contributed by atoms with E-state index in [2.05, 4.69) is 10.6 Å². The zero-order valence-corrected chi connectivity index (χ0v) is 15.8. The van der Waals surface area contributed by atoms with Gasteiger partial charge in [-0.1, -0.05) is 31.5 Å². The molecule has 0 saturated heterocycles. The van der Waals surface area contributed by atoms with Gasteiger partial charge >= 0.3 is 0 Å². The number of hydrogen-bond acceptors (Lipinski definition) is 3. The smallest absolute Gasteiger partial charge is 0.258 e. The third-order valence-corrected chi connectivity index (χ3v) is 4.05. The zero-order valence-electron chi connectivity index (χ0n) is 15.0. The van der Waals surface area contributed by atoms with Crippen LogP contribution in [0.1, 0.15) is 36.5 Å². The van der Waals surface area contributed by atoms with Crippen LogP contribution < -0.4 is 15.5 Å². The van der Waals surface area contributed by atoms with Gasteiger partial charge in [-0.3, -0.25) is 9.59 Å². The average molecular weight is 369 g/mol. The van der Waals surface area contributed by atoms with Crippen molar-refractivity contribution >= 4 is 40.5 Å². The van der Waals surface area contributed by atoms with Gasteiger partial charge in [-0.05, 0) is 55.0 Å². The second-order valence-corrected chi connectivity index (χ2v) is 6.29. The number of anilines is 2. The number of thiocarbonyl (C=S) groups is 1. The van der Waals surface area contributed by atoms with Gasteiger partial charge in [0.15, 0.2) is 5.11 Å². The van der Waals surface area contributed by atoms with Crippen LogP contribution in [0.15, 0.2) is 54.6 Å². The lowest BCUT2D eigenvalue weighted by atomic mass is 10.1. The van der Waals surface area contributed by atoms with Gasteiger partial charge in [0.05, 0.1) is 0 Å². The Morgan fingerprint density at radius 2 is 1.69 bits per heavy atom. The number of hydrogen-bond donors (Lipinski definition) is 2. The van der Waals surface area contributed by atoms with Gasteiger partial charge in [0.1, 0.15) is 0 Å². The SMILES string of the molecule is CCCCC(=O)NC(=S)Nc1ccc(C(=O)N(C)c2ccccc2)cc1. The fourth-order valence-corrected chi connectivity index (χ4v) is 2.58. The van der Waals surface area contributed by atoms with Crippen LogP contribution >= 0.6 is 12.2 Å². The molecule has 2 aromatic rings. The first kappa shape index (κ1) is 19.6. The van der Waals surface area contributed by atoms with E-state index in [9.17, 15) is 9.59 Å². The summed E-state index contributed by atoms with van der Waals surface area (Å²) >= 11 is 5.13. The van der Waals surface area contributed by atoms with E-state index in [1.165, 1.54) is 0 Å². The quantitative estimate of drug-likeness (QED) is 0.757. The molecule has 2 aromatic carbocycles. The van der Waals surface area contributed by atoms with Crippen LogP contribution in [0.4, 0.5) is 11.4 Å². The van der Waals surface area contributed by atoms with Gasteiger partial charge in [-0.25, -0.2) is 0 Å². The van der Waals surface area contributed by atoms with Crippen molar-refractivity contribution in [2.75, 3.05) is 17.3 Å². The van der Waals surface area contributed by atoms with E-state index < -0.39 is 0 Å². The summed E-state index contributed by atoms with van der Waals surface area (Å²) in [5.41, 5.74) is 2.11. The molecule has 0 radical (unpaired) electrons. The van der Waals surface area contributed by atoms with Crippen molar-refractivity contribution in [2.45, 2.75) is 26.2 Å². The Morgan fingerprint density at radius 3 is 2.31 bits per heavy atom. The van der Waals surface area contributed by atoms with E-state index in [0.717, 1.165) is 18.5 Å². The summed E-state index contributed by atoms with van der Waals surface area (Å²) in [5.74, 6) is -0.196. The molecule has 26 heavy (non-hydrogen) atoms. The van der Waals surface area contributed by atoms with Crippen molar-refractivity contribution in [3.8, 4) is 0 Å². The predicted octanol–water partition coefficient (Wildman–Crippen LogP) is 3.97. The molecule has 0 aliphatic rings. The fraction of sp³-hybridized carbons (Fsp3) is 0.250. The largest absolute Gasteiger partial charge is 0.332 e. The number of para-hydroxylation sites is 1. The van der Waals surface area contributed by atoms with E-state index in [4.69, 9.17) is 12.2 Å². The highest BCUT2D eigenvalue weighted by atomic mass is 32.1. The van der Waals surface area contributed by atoms with Crippen molar-refractivity contribution in [3.63, 3.8) is 0 Å². The first-order valence-corrected chi connectivity index (χ1v) is 8.96. The van der Waals surface area contributed by atoms with E-state index in [1.54, 1.807) is 36.2 Å². The molecule has 0 unspecified atom stereocenters. The Kier molecular flexibility index (Phi) is 7.29. The lowest BCUT2D eigenvalue weighted by Crippen LogP contribution is -2.33. The maximum atomic E-state index is 12.5. The first-order chi connectivity index (χ1) is 12.5. The van der Waals surface area contributed by atoms with Crippen LogP contribution in [-0.4, -0.2) is 24.0 Å². The summed E-state index contributed by atoms with van der Waals surface area (Å²) in [5, 5.41) is 5.85. The third kappa shape index (κ3) is 5.67. The van der Waals surface area contributed by atoms with Gasteiger partial charge in [0.25, 0.3) is 5.91 Å². The molecule has 0 heterocycles. The van der Waals surface area contributed by atoms with E-state index in [1.807, 2.05) is 37.3 Å². The minimum Gasteiger partial charge on any atom is -0.332 e. The Balaban J connectivity index is 1.94. The Bertz CT molecular complexity index is 760. The average Bonchev–Trinajstić information content (AvgIpc) is 2.66. The molecule has 0 saturated carbocycles. The Labute approximate surface area is 159 Å². The third-order valence-electron chi connectivity index (χ3n) is 3.85. The van der Waals surface area contributed by atoms with Crippen molar-refractivity contribution < 1.29 is 9.59 Å². The molecule has 0 aliphatic carbocycles. The molecule has 0 fully saturated rings. The monoisotopic (exact) mass is 369 g/mol. The second-order valence-electron chi connectivity index (χ2n) is 5.88. The lowest BCUT2D eigenvalue weighted by molar-refractivity contribution is -0.119. The zero-order chi connectivity index (χ0) is 18.9. The molecule has 2 rings (SSSR count). The first-order valence-electron chi connectivity index (χ1n) is 8.55.